The van der Waals surface area contributed by atoms with Crippen LogP contribution in [0.15, 0.2) is 12.3 Å². The van der Waals surface area contributed by atoms with Gasteiger partial charge in [-0.1, -0.05) is 19.3 Å². The molecule has 0 atom stereocenters. The predicted molar refractivity (Wildman–Crippen MR) is 59.8 cm³/mol. The Labute approximate surface area is 99.1 Å². The van der Waals surface area contributed by atoms with Crippen molar-refractivity contribution in [3.8, 4) is 0 Å². The van der Waals surface area contributed by atoms with E-state index >= 15 is 0 Å². The van der Waals surface area contributed by atoms with Gasteiger partial charge in [0.25, 0.3) is 0 Å². The van der Waals surface area contributed by atoms with E-state index in [0.29, 0.717) is 11.3 Å². The highest BCUT2D eigenvalue weighted by molar-refractivity contribution is 5.32. The van der Waals surface area contributed by atoms with Crippen LogP contribution >= 0.6 is 0 Å². The van der Waals surface area contributed by atoms with Crippen LogP contribution in [0.1, 0.15) is 54.8 Å². The number of rotatable bonds is 1. The molecule has 0 radical (unpaired) electrons. The number of hydrogen-bond acceptors (Lipinski definition) is 1. The molecule has 4 heteroatoms. The summed E-state index contributed by atoms with van der Waals surface area (Å²) in [5.41, 5.74) is 0.568. The van der Waals surface area contributed by atoms with Crippen molar-refractivity contribution in [3.63, 3.8) is 0 Å². The SMILES string of the molecule is Cc1cc(C2CCCCC2)c(C(F)(F)F)cn1. The molecule has 1 saturated carbocycles. The summed E-state index contributed by atoms with van der Waals surface area (Å²) in [5.74, 6) is 0.0575. The molecule has 0 unspecified atom stereocenters. The Morgan fingerprint density at radius 1 is 1.18 bits per heavy atom. The average Bonchev–Trinajstić information content (AvgIpc) is 2.28. The van der Waals surface area contributed by atoms with Gasteiger partial charge in [-0.25, -0.2) is 0 Å². The van der Waals surface area contributed by atoms with Gasteiger partial charge >= 0.3 is 6.18 Å². The molecule has 1 aromatic heterocycles. The summed E-state index contributed by atoms with van der Waals surface area (Å²) in [4.78, 5) is 3.78. The zero-order chi connectivity index (χ0) is 12.5. The number of halogens is 3. The Hall–Kier alpha value is -1.06. The topological polar surface area (TPSA) is 12.9 Å². The molecule has 0 aliphatic heterocycles. The third-order valence-electron chi connectivity index (χ3n) is 3.42. The van der Waals surface area contributed by atoms with E-state index in [1.807, 2.05) is 0 Å². The minimum Gasteiger partial charge on any atom is -0.261 e. The molecular formula is C13H16F3N. The molecule has 0 amide bonds. The van der Waals surface area contributed by atoms with Crippen molar-refractivity contribution in [3.05, 3.63) is 29.1 Å². The van der Waals surface area contributed by atoms with Gasteiger partial charge in [0, 0.05) is 11.9 Å². The molecule has 0 N–H and O–H groups in total. The summed E-state index contributed by atoms with van der Waals surface area (Å²) < 4.78 is 38.7. The second-order valence-electron chi connectivity index (χ2n) is 4.75. The van der Waals surface area contributed by atoms with Gasteiger partial charge in [0.1, 0.15) is 0 Å². The third kappa shape index (κ3) is 2.79. The highest BCUT2D eigenvalue weighted by Crippen LogP contribution is 2.40. The summed E-state index contributed by atoms with van der Waals surface area (Å²) >= 11 is 0. The Kier molecular flexibility index (Phi) is 3.40. The fourth-order valence-electron chi connectivity index (χ4n) is 2.57. The first-order chi connectivity index (χ1) is 7.98. The molecule has 1 aromatic rings. The van der Waals surface area contributed by atoms with Crippen LogP contribution < -0.4 is 0 Å². The number of aryl methyl sites for hydroxylation is 1. The summed E-state index contributed by atoms with van der Waals surface area (Å²) in [6, 6.07) is 1.61. The fourth-order valence-corrected chi connectivity index (χ4v) is 2.57. The summed E-state index contributed by atoms with van der Waals surface area (Å²) in [5, 5.41) is 0. The first kappa shape index (κ1) is 12.4. The highest BCUT2D eigenvalue weighted by Gasteiger charge is 2.35. The number of aromatic nitrogens is 1. The lowest BCUT2D eigenvalue weighted by Gasteiger charge is -2.25. The van der Waals surface area contributed by atoms with E-state index in [4.69, 9.17) is 0 Å². The van der Waals surface area contributed by atoms with Gasteiger partial charge in [0.15, 0.2) is 0 Å². The van der Waals surface area contributed by atoms with Gasteiger partial charge in [-0.3, -0.25) is 4.98 Å². The molecule has 94 valence electrons. The van der Waals surface area contributed by atoms with E-state index < -0.39 is 11.7 Å². The Bertz CT molecular complexity index is 392. The maximum Gasteiger partial charge on any atom is 0.418 e. The van der Waals surface area contributed by atoms with E-state index in [1.165, 1.54) is 0 Å². The molecule has 0 spiro atoms. The molecule has 1 fully saturated rings. The zero-order valence-corrected chi connectivity index (χ0v) is 9.85. The van der Waals surface area contributed by atoms with Crippen LogP contribution in [0.25, 0.3) is 0 Å². The molecular weight excluding hydrogens is 227 g/mol. The molecule has 0 bridgehead atoms. The van der Waals surface area contributed by atoms with Crippen LogP contribution in [-0.2, 0) is 6.18 Å². The molecule has 17 heavy (non-hydrogen) atoms. The summed E-state index contributed by atoms with van der Waals surface area (Å²) in [6.07, 6.45) is 1.64. The number of pyridine rings is 1. The lowest BCUT2D eigenvalue weighted by molar-refractivity contribution is -0.138. The third-order valence-corrected chi connectivity index (χ3v) is 3.42. The summed E-state index contributed by atoms with van der Waals surface area (Å²) in [6.45, 7) is 1.74. The van der Waals surface area contributed by atoms with Crippen LogP contribution in [-0.4, -0.2) is 4.98 Å². The van der Waals surface area contributed by atoms with E-state index in [0.717, 1.165) is 38.3 Å². The smallest absolute Gasteiger partial charge is 0.261 e. The number of alkyl halides is 3. The van der Waals surface area contributed by atoms with E-state index in [2.05, 4.69) is 4.98 Å². The second kappa shape index (κ2) is 4.67. The average molecular weight is 243 g/mol. The predicted octanol–water partition coefficient (Wildman–Crippen LogP) is 4.46. The Morgan fingerprint density at radius 2 is 1.82 bits per heavy atom. The van der Waals surface area contributed by atoms with Crippen molar-refractivity contribution >= 4 is 0 Å². The Morgan fingerprint density at radius 3 is 2.41 bits per heavy atom. The van der Waals surface area contributed by atoms with Crippen LogP contribution in [0.2, 0.25) is 0 Å². The maximum atomic E-state index is 12.9. The lowest BCUT2D eigenvalue weighted by atomic mass is 9.82. The van der Waals surface area contributed by atoms with Gasteiger partial charge < -0.3 is 0 Å². The molecule has 2 rings (SSSR count). The van der Waals surface area contributed by atoms with Gasteiger partial charge in [0.2, 0.25) is 0 Å². The van der Waals surface area contributed by atoms with E-state index in [-0.39, 0.29) is 5.92 Å². The largest absolute Gasteiger partial charge is 0.418 e. The fraction of sp³-hybridized carbons (Fsp3) is 0.615. The Balaban J connectivity index is 2.39. The molecule has 1 aliphatic carbocycles. The minimum atomic E-state index is -4.28. The van der Waals surface area contributed by atoms with Gasteiger partial charge in [-0.15, -0.1) is 0 Å². The quantitative estimate of drug-likeness (QED) is 0.709. The van der Waals surface area contributed by atoms with Gasteiger partial charge in [-0.05, 0) is 37.3 Å². The van der Waals surface area contributed by atoms with Crippen LogP contribution in [0.3, 0.4) is 0 Å². The lowest BCUT2D eigenvalue weighted by Crippen LogP contribution is -2.15. The van der Waals surface area contributed by atoms with Crippen LogP contribution in [0, 0.1) is 6.92 Å². The molecule has 1 aliphatic rings. The van der Waals surface area contributed by atoms with E-state index in [1.54, 1.807) is 13.0 Å². The minimum absolute atomic E-state index is 0.0575. The molecule has 0 saturated heterocycles. The molecule has 0 aromatic carbocycles. The van der Waals surface area contributed by atoms with Gasteiger partial charge in [-0.2, -0.15) is 13.2 Å². The zero-order valence-electron chi connectivity index (χ0n) is 9.85. The van der Waals surface area contributed by atoms with Crippen molar-refractivity contribution in [1.29, 1.82) is 0 Å². The van der Waals surface area contributed by atoms with Crippen molar-refractivity contribution < 1.29 is 13.2 Å². The monoisotopic (exact) mass is 243 g/mol. The van der Waals surface area contributed by atoms with Crippen molar-refractivity contribution in [2.45, 2.75) is 51.1 Å². The van der Waals surface area contributed by atoms with Crippen molar-refractivity contribution in [2.75, 3.05) is 0 Å². The first-order valence-electron chi connectivity index (χ1n) is 6.02. The van der Waals surface area contributed by atoms with Crippen molar-refractivity contribution in [2.24, 2.45) is 0 Å². The molecule has 1 nitrogen and oxygen atoms in total. The maximum absolute atomic E-state index is 12.9. The second-order valence-corrected chi connectivity index (χ2v) is 4.75. The van der Waals surface area contributed by atoms with Crippen LogP contribution in [0.5, 0.6) is 0 Å². The number of nitrogens with zero attached hydrogens (tertiary/aromatic N) is 1. The van der Waals surface area contributed by atoms with Crippen molar-refractivity contribution in [1.82, 2.24) is 4.98 Å². The molecule has 1 heterocycles. The van der Waals surface area contributed by atoms with Crippen LogP contribution in [0.4, 0.5) is 13.2 Å². The number of hydrogen-bond donors (Lipinski definition) is 0. The summed E-state index contributed by atoms with van der Waals surface area (Å²) in [7, 11) is 0. The van der Waals surface area contributed by atoms with Gasteiger partial charge in [0.05, 0.1) is 5.56 Å². The van der Waals surface area contributed by atoms with E-state index in [9.17, 15) is 13.2 Å². The highest BCUT2D eigenvalue weighted by atomic mass is 19.4. The first-order valence-corrected chi connectivity index (χ1v) is 6.02. The standard InChI is InChI=1S/C13H16F3N/c1-9-7-11(10-5-3-2-4-6-10)12(8-17-9)13(14,15)16/h7-8,10H,2-6H2,1H3. The normalized spacial score (nSPS) is 18.4.